The zero-order valence-corrected chi connectivity index (χ0v) is 17.3. The second-order valence-corrected chi connectivity index (χ2v) is 7.85. The Labute approximate surface area is 176 Å². The van der Waals surface area contributed by atoms with Crippen LogP contribution in [0.25, 0.3) is 0 Å². The predicted molar refractivity (Wildman–Crippen MR) is 117 cm³/mol. The van der Waals surface area contributed by atoms with Crippen molar-refractivity contribution < 1.29 is 9.53 Å². The molecule has 0 atom stereocenters. The fourth-order valence-corrected chi connectivity index (χ4v) is 3.82. The Balaban J connectivity index is 1.40. The number of carbonyl (C=O) groups is 1. The minimum atomic E-state index is -0.0918. The largest absolute Gasteiger partial charge is 0.486 e. The quantitative estimate of drug-likeness (QED) is 0.634. The number of likely N-dealkylation sites (tertiary alicyclic amines) is 1. The first kappa shape index (κ1) is 20.0. The number of amides is 1. The van der Waals surface area contributed by atoms with Gasteiger partial charge in [0.15, 0.2) is 0 Å². The Morgan fingerprint density at radius 1 is 1.00 bits per heavy atom. The zero-order valence-electron chi connectivity index (χ0n) is 17.3. The van der Waals surface area contributed by atoms with Crippen LogP contribution >= 0.6 is 0 Å². The van der Waals surface area contributed by atoms with E-state index in [2.05, 4.69) is 24.3 Å². The topological polar surface area (TPSA) is 51.5 Å². The summed E-state index contributed by atoms with van der Waals surface area (Å²) in [5.41, 5.74) is 3.03. The Kier molecular flexibility index (Phi) is 5.70. The number of ether oxygens (including phenoxy) is 1. The van der Waals surface area contributed by atoms with Crippen LogP contribution in [-0.2, 0) is 11.8 Å². The molecule has 0 N–H and O–H groups in total. The molecule has 0 saturated carbocycles. The van der Waals surface area contributed by atoms with Crippen LogP contribution in [0.2, 0.25) is 0 Å². The molecule has 0 bridgehead atoms. The molecule has 4 rings (SSSR count). The number of nitrogens with zero attached hydrogens (tertiary/aromatic N) is 2. The van der Waals surface area contributed by atoms with E-state index < -0.39 is 0 Å². The maximum atomic E-state index is 13.0. The van der Waals surface area contributed by atoms with E-state index in [-0.39, 0.29) is 23.5 Å². The van der Waals surface area contributed by atoms with Crippen molar-refractivity contribution in [2.75, 3.05) is 13.1 Å². The van der Waals surface area contributed by atoms with Gasteiger partial charge in [-0.2, -0.15) is 0 Å². The van der Waals surface area contributed by atoms with Crippen LogP contribution in [0, 0.1) is 6.92 Å². The number of aryl methyl sites for hydroxylation is 1. The fourth-order valence-electron chi connectivity index (χ4n) is 3.82. The van der Waals surface area contributed by atoms with Gasteiger partial charge in [0.05, 0.1) is 13.1 Å². The highest BCUT2D eigenvalue weighted by atomic mass is 16.5. The van der Waals surface area contributed by atoms with Crippen molar-refractivity contribution in [3.63, 3.8) is 0 Å². The summed E-state index contributed by atoms with van der Waals surface area (Å²) in [6.45, 7) is 2.96. The molecule has 154 valence electrons. The Hall–Kier alpha value is -3.34. The van der Waals surface area contributed by atoms with Gasteiger partial charge in [-0.05, 0) is 24.1 Å². The number of benzene rings is 2. The summed E-state index contributed by atoms with van der Waals surface area (Å²) in [5.74, 6) is 0.714. The van der Waals surface area contributed by atoms with Crippen molar-refractivity contribution in [3.8, 4) is 5.75 Å². The van der Waals surface area contributed by atoms with Gasteiger partial charge in [0, 0.05) is 31.1 Å². The summed E-state index contributed by atoms with van der Waals surface area (Å²) >= 11 is 0. The highest BCUT2D eigenvalue weighted by molar-refractivity contribution is 5.78. The number of carbonyl (C=O) groups excluding carboxylic acids is 1. The maximum absolute atomic E-state index is 13.0. The first-order chi connectivity index (χ1) is 14.5. The SMILES string of the molecule is Cc1cc(OC2CN(C(=O)CC(c3ccccc3)c3ccccc3)C2)cc(=O)n1C. The molecule has 0 radical (unpaired) electrons. The number of aromatic nitrogens is 1. The average Bonchev–Trinajstić information content (AvgIpc) is 2.73. The molecule has 5 heteroatoms. The third kappa shape index (κ3) is 4.30. The van der Waals surface area contributed by atoms with Crippen LogP contribution in [-0.4, -0.2) is 34.6 Å². The van der Waals surface area contributed by atoms with Gasteiger partial charge in [0.25, 0.3) is 5.56 Å². The normalized spacial score (nSPS) is 13.9. The van der Waals surface area contributed by atoms with Crippen molar-refractivity contribution >= 4 is 5.91 Å². The van der Waals surface area contributed by atoms with Gasteiger partial charge >= 0.3 is 0 Å². The highest BCUT2D eigenvalue weighted by Crippen LogP contribution is 2.29. The number of pyridine rings is 1. The van der Waals surface area contributed by atoms with Gasteiger partial charge in [-0.1, -0.05) is 60.7 Å². The third-order valence-electron chi connectivity index (χ3n) is 5.76. The smallest absolute Gasteiger partial charge is 0.254 e. The van der Waals surface area contributed by atoms with Gasteiger partial charge in [-0.25, -0.2) is 0 Å². The van der Waals surface area contributed by atoms with Crippen molar-refractivity contribution in [2.45, 2.75) is 25.4 Å². The van der Waals surface area contributed by atoms with Gasteiger partial charge in [0.2, 0.25) is 5.91 Å². The lowest BCUT2D eigenvalue weighted by Gasteiger charge is -2.39. The van der Waals surface area contributed by atoms with Crippen molar-refractivity contribution in [1.29, 1.82) is 0 Å². The third-order valence-corrected chi connectivity index (χ3v) is 5.76. The molecule has 3 aromatic rings. The molecule has 30 heavy (non-hydrogen) atoms. The molecule has 1 aliphatic rings. The molecule has 0 unspecified atom stereocenters. The Morgan fingerprint density at radius 2 is 1.57 bits per heavy atom. The van der Waals surface area contributed by atoms with Crippen LogP contribution in [0.3, 0.4) is 0 Å². The molecule has 1 amide bonds. The second kappa shape index (κ2) is 8.57. The zero-order chi connectivity index (χ0) is 21.1. The molecule has 1 aromatic heterocycles. The van der Waals surface area contributed by atoms with E-state index >= 15 is 0 Å². The summed E-state index contributed by atoms with van der Waals surface area (Å²) in [6.07, 6.45) is 0.346. The Morgan fingerprint density at radius 3 is 2.10 bits per heavy atom. The number of rotatable bonds is 6. The summed E-state index contributed by atoms with van der Waals surface area (Å²) in [6, 6.07) is 23.7. The molecule has 0 aliphatic carbocycles. The highest BCUT2D eigenvalue weighted by Gasteiger charge is 2.33. The minimum Gasteiger partial charge on any atom is -0.486 e. The van der Waals surface area contributed by atoms with Gasteiger partial charge in [-0.15, -0.1) is 0 Å². The number of hydrogen-bond donors (Lipinski definition) is 0. The van der Waals surface area contributed by atoms with Crippen LogP contribution in [0.5, 0.6) is 5.75 Å². The molecular formula is C25H26N2O3. The second-order valence-electron chi connectivity index (χ2n) is 7.85. The number of hydrogen-bond acceptors (Lipinski definition) is 3. The lowest BCUT2D eigenvalue weighted by atomic mass is 9.88. The molecule has 1 saturated heterocycles. The monoisotopic (exact) mass is 402 g/mol. The van der Waals surface area contributed by atoms with E-state index in [9.17, 15) is 9.59 Å². The Bertz CT molecular complexity index is 1030. The summed E-state index contributed by atoms with van der Waals surface area (Å²) in [5, 5.41) is 0. The van der Waals surface area contributed by atoms with Crippen molar-refractivity contribution in [2.24, 2.45) is 7.05 Å². The molecule has 1 fully saturated rings. The summed E-state index contributed by atoms with van der Waals surface area (Å²) in [4.78, 5) is 26.7. The van der Waals surface area contributed by atoms with E-state index in [4.69, 9.17) is 4.74 Å². The molecule has 2 aromatic carbocycles. The van der Waals surface area contributed by atoms with Crippen molar-refractivity contribution in [1.82, 2.24) is 9.47 Å². The lowest BCUT2D eigenvalue weighted by Crippen LogP contribution is -2.56. The molecule has 2 heterocycles. The molecule has 5 nitrogen and oxygen atoms in total. The van der Waals surface area contributed by atoms with E-state index in [0.717, 1.165) is 16.8 Å². The molecule has 0 spiro atoms. The van der Waals surface area contributed by atoms with E-state index in [1.807, 2.05) is 54.3 Å². The standard InChI is InChI=1S/C25H26N2O3/c1-18-13-21(14-24(28)26(18)2)30-22-16-27(17-22)25(29)15-23(19-9-5-3-6-10-19)20-11-7-4-8-12-20/h3-14,22-23H,15-17H2,1-2H3. The summed E-state index contributed by atoms with van der Waals surface area (Å²) < 4.78 is 7.49. The maximum Gasteiger partial charge on any atom is 0.254 e. The van der Waals surface area contributed by atoms with E-state index in [1.54, 1.807) is 11.6 Å². The van der Waals surface area contributed by atoms with Crippen LogP contribution < -0.4 is 10.3 Å². The van der Waals surface area contributed by atoms with Gasteiger partial charge < -0.3 is 14.2 Å². The van der Waals surface area contributed by atoms with Crippen LogP contribution in [0.4, 0.5) is 0 Å². The molecule has 1 aliphatic heterocycles. The molecular weight excluding hydrogens is 376 g/mol. The van der Waals surface area contributed by atoms with Crippen molar-refractivity contribution in [3.05, 3.63) is 100.0 Å². The lowest BCUT2D eigenvalue weighted by molar-refractivity contribution is -0.140. The average molecular weight is 402 g/mol. The summed E-state index contributed by atoms with van der Waals surface area (Å²) in [7, 11) is 1.74. The van der Waals surface area contributed by atoms with Crippen LogP contribution in [0.1, 0.15) is 29.2 Å². The first-order valence-corrected chi connectivity index (χ1v) is 10.2. The minimum absolute atomic E-state index is 0.0275. The van der Waals surface area contributed by atoms with Crippen LogP contribution in [0.15, 0.2) is 77.6 Å². The van der Waals surface area contributed by atoms with Gasteiger partial charge in [-0.3, -0.25) is 9.59 Å². The first-order valence-electron chi connectivity index (χ1n) is 10.2. The van der Waals surface area contributed by atoms with E-state index in [1.165, 1.54) is 6.07 Å². The van der Waals surface area contributed by atoms with E-state index in [0.29, 0.717) is 25.3 Å². The predicted octanol–water partition coefficient (Wildman–Crippen LogP) is 3.51. The van der Waals surface area contributed by atoms with Gasteiger partial charge in [0.1, 0.15) is 11.9 Å². The fraction of sp³-hybridized carbons (Fsp3) is 0.280.